The van der Waals surface area contributed by atoms with Crippen LogP contribution in [0.5, 0.6) is 0 Å². The van der Waals surface area contributed by atoms with E-state index in [-0.39, 0.29) is 31.5 Å². The number of hydrogen-bond donors (Lipinski definition) is 2. The molecule has 0 aromatic carbocycles. The summed E-state index contributed by atoms with van der Waals surface area (Å²) in [6.07, 6.45) is 72.4. The first kappa shape index (κ1) is 74.7. The van der Waals surface area contributed by atoms with Gasteiger partial charge in [0, 0.05) is 12.8 Å². The summed E-state index contributed by atoms with van der Waals surface area (Å²) in [6.45, 7) is 6.97. The molecule has 0 saturated carbocycles. The fraction of sp³-hybridized carbons (Fsp3) is 0.821. The molecule has 0 aliphatic heterocycles. The number of phosphoric ester groups is 1. The number of allylic oxidation sites excluding steroid dienone is 9. The molecule has 0 heterocycles. The molecule has 0 bridgehead atoms. The number of esters is 1. The molecule has 10 heteroatoms. The minimum Gasteiger partial charge on any atom is -0.456 e. The van der Waals surface area contributed by atoms with Crippen molar-refractivity contribution >= 4 is 19.7 Å². The van der Waals surface area contributed by atoms with E-state index in [1.54, 1.807) is 0 Å². The highest BCUT2D eigenvalue weighted by molar-refractivity contribution is 7.47. The van der Waals surface area contributed by atoms with Gasteiger partial charge < -0.3 is 19.4 Å². The number of phosphoric acid groups is 1. The SMILES string of the molecule is CCCCC/C=C\C/C=C\CCCCCCCCCCCCCCCCCC(=O)NC(COP(=O)(O)OCC[N+](C)(C)C)C(/C=C\CCCCCCCCCCCCC)OC(=O)CC/C=C/C/C=C\CCCCCCCC. The van der Waals surface area contributed by atoms with Crippen LogP contribution in [0.3, 0.4) is 0 Å². The summed E-state index contributed by atoms with van der Waals surface area (Å²) in [5.74, 6) is -0.575. The molecule has 0 radical (unpaired) electrons. The third kappa shape index (κ3) is 58.2. The lowest BCUT2D eigenvalue weighted by atomic mass is 10.0. The molecule has 77 heavy (non-hydrogen) atoms. The first-order chi connectivity index (χ1) is 37.4. The zero-order chi connectivity index (χ0) is 56.4. The first-order valence-corrected chi connectivity index (χ1v) is 34.1. The maximum Gasteiger partial charge on any atom is 0.472 e. The molecule has 9 nitrogen and oxygen atoms in total. The van der Waals surface area contributed by atoms with Crippen molar-refractivity contribution in [3.05, 3.63) is 60.8 Å². The van der Waals surface area contributed by atoms with Gasteiger partial charge in [-0.2, -0.15) is 0 Å². The van der Waals surface area contributed by atoms with Crippen LogP contribution in [0.4, 0.5) is 0 Å². The number of hydrogen-bond acceptors (Lipinski definition) is 6. The molecule has 3 unspecified atom stereocenters. The van der Waals surface area contributed by atoms with E-state index in [9.17, 15) is 19.0 Å². The summed E-state index contributed by atoms with van der Waals surface area (Å²) in [6, 6.07) is -0.870. The molecule has 0 spiro atoms. The molecule has 0 saturated heterocycles. The lowest BCUT2D eigenvalue weighted by Gasteiger charge is -2.27. The van der Waals surface area contributed by atoms with Gasteiger partial charge in [-0.3, -0.25) is 18.6 Å². The number of amides is 1. The molecular weight excluding hydrogens is 976 g/mol. The molecular formula is C67H126N2O7P+. The summed E-state index contributed by atoms with van der Waals surface area (Å²) in [7, 11) is 1.48. The summed E-state index contributed by atoms with van der Waals surface area (Å²) < 4.78 is 30.7. The third-order valence-corrected chi connectivity index (χ3v) is 15.4. The molecule has 1 amide bonds. The minimum absolute atomic E-state index is 0.0327. The van der Waals surface area contributed by atoms with Crippen LogP contribution in [0.1, 0.15) is 303 Å². The summed E-state index contributed by atoms with van der Waals surface area (Å²) >= 11 is 0. The second-order valence-corrected chi connectivity index (χ2v) is 24.7. The summed E-state index contributed by atoms with van der Waals surface area (Å²) in [5.41, 5.74) is 0. The van der Waals surface area contributed by atoms with Crippen molar-refractivity contribution in [3.8, 4) is 0 Å². The van der Waals surface area contributed by atoms with Gasteiger partial charge in [0.25, 0.3) is 0 Å². The second kappa shape index (κ2) is 57.0. The topological polar surface area (TPSA) is 111 Å². The monoisotopic (exact) mass is 1100 g/mol. The molecule has 0 aliphatic carbocycles. The zero-order valence-corrected chi connectivity index (χ0v) is 52.3. The fourth-order valence-electron chi connectivity index (χ4n) is 9.38. The Balaban J connectivity index is 5.13. The molecule has 450 valence electrons. The Labute approximate surface area is 477 Å². The highest BCUT2D eigenvalue weighted by Gasteiger charge is 2.30. The largest absolute Gasteiger partial charge is 0.472 e. The van der Waals surface area contributed by atoms with Gasteiger partial charge in [0.1, 0.15) is 19.3 Å². The van der Waals surface area contributed by atoms with E-state index in [1.807, 2.05) is 39.4 Å². The Kier molecular flexibility index (Phi) is 55.3. The van der Waals surface area contributed by atoms with Gasteiger partial charge in [-0.05, 0) is 83.1 Å². The molecule has 0 rings (SSSR count). The number of likely N-dealkylation sites (N-methyl/N-ethyl adjacent to an activating group) is 1. The van der Waals surface area contributed by atoms with Gasteiger partial charge >= 0.3 is 13.8 Å². The number of carbonyl (C=O) groups is 2. The van der Waals surface area contributed by atoms with Gasteiger partial charge in [0.2, 0.25) is 5.91 Å². The number of carbonyl (C=O) groups excluding carboxylic acids is 2. The zero-order valence-electron chi connectivity index (χ0n) is 51.5. The number of nitrogens with one attached hydrogen (secondary N) is 1. The number of ether oxygens (including phenoxy) is 1. The number of nitrogens with zero attached hydrogens (tertiary/aromatic N) is 1. The summed E-state index contributed by atoms with van der Waals surface area (Å²) in [5, 5.41) is 3.05. The lowest BCUT2D eigenvalue weighted by Crippen LogP contribution is -2.47. The van der Waals surface area contributed by atoms with Crippen molar-refractivity contribution < 1.29 is 37.3 Å². The quantitative estimate of drug-likeness (QED) is 0.0205. The highest BCUT2D eigenvalue weighted by atomic mass is 31.2. The predicted molar refractivity (Wildman–Crippen MR) is 332 cm³/mol. The first-order valence-electron chi connectivity index (χ1n) is 32.6. The van der Waals surface area contributed by atoms with Crippen LogP contribution in [0.15, 0.2) is 60.8 Å². The van der Waals surface area contributed by atoms with Crippen LogP contribution in [-0.4, -0.2) is 74.3 Å². The van der Waals surface area contributed by atoms with Crippen LogP contribution >= 0.6 is 7.82 Å². The molecule has 2 N–H and O–H groups in total. The molecule has 3 atom stereocenters. The second-order valence-electron chi connectivity index (χ2n) is 23.3. The van der Waals surface area contributed by atoms with E-state index in [0.717, 1.165) is 57.8 Å². The van der Waals surface area contributed by atoms with Crippen LogP contribution in [0.2, 0.25) is 0 Å². The predicted octanol–water partition coefficient (Wildman–Crippen LogP) is 20.2. The van der Waals surface area contributed by atoms with E-state index in [0.29, 0.717) is 23.9 Å². The molecule has 0 aliphatic rings. The summed E-state index contributed by atoms with van der Waals surface area (Å²) in [4.78, 5) is 37.7. The van der Waals surface area contributed by atoms with E-state index < -0.39 is 20.0 Å². The number of quaternary nitrogens is 1. The Morgan fingerprint density at radius 3 is 1.22 bits per heavy atom. The third-order valence-electron chi connectivity index (χ3n) is 14.4. The van der Waals surface area contributed by atoms with E-state index >= 15 is 0 Å². The van der Waals surface area contributed by atoms with Crippen LogP contribution in [-0.2, 0) is 27.9 Å². The van der Waals surface area contributed by atoms with Crippen molar-refractivity contribution in [1.29, 1.82) is 0 Å². The molecule has 0 aromatic rings. The lowest BCUT2D eigenvalue weighted by molar-refractivity contribution is -0.870. The average molecular weight is 1100 g/mol. The van der Waals surface area contributed by atoms with Gasteiger partial charge in [-0.25, -0.2) is 4.57 Å². The Bertz CT molecular complexity index is 1500. The maximum atomic E-state index is 13.6. The average Bonchev–Trinajstić information content (AvgIpc) is 3.39. The van der Waals surface area contributed by atoms with E-state index in [2.05, 4.69) is 68.6 Å². The van der Waals surface area contributed by atoms with Crippen molar-refractivity contribution in [2.45, 2.75) is 315 Å². The Morgan fingerprint density at radius 1 is 0.455 bits per heavy atom. The minimum atomic E-state index is -4.46. The van der Waals surface area contributed by atoms with E-state index in [1.165, 1.54) is 205 Å². The van der Waals surface area contributed by atoms with Crippen LogP contribution in [0.25, 0.3) is 0 Å². The van der Waals surface area contributed by atoms with Crippen LogP contribution < -0.4 is 5.32 Å². The van der Waals surface area contributed by atoms with Crippen molar-refractivity contribution in [3.63, 3.8) is 0 Å². The fourth-order valence-corrected chi connectivity index (χ4v) is 10.1. The van der Waals surface area contributed by atoms with Crippen molar-refractivity contribution in [2.75, 3.05) is 40.9 Å². The van der Waals surface area contributed by atoms with Crippen LogP contribution in [0, 0.1) is 0 Å². The van der Waals surface area contributed by atoms with Gasteiger partial charge in [-0.15, -0.1) is 0 Å². The van der Waals surface area contributed by atoms with Crippen molar-refractivity contribution in [1.82, 2.24) is 5.32 Å². The van der Waals surface area contributed by atoms with Gasteiger partial charge in [-0.1, -0.05) is 268 Å². The Morgan fingerprint density at radius 2 is 0.805 bits per heavy atom. The van der Waals surface area contributed by atoms with Gasteiger partial charge in [0.05, 0.1) is 33.8 Å². The Hall–Kier alpha value is -2.29. The smallest absolute Gasteiger partial charge is 0.456 e. The molecule has 0 aromatic heterocycles. The number of rotatable bonds is 59. The van der Waals surface area contributed by atoms with Gasteiger partial charge in [0.15, 0.2) is 0 Å². The normalized spacial score (nSPS) is 14.0. The van der Waals surface area contributed by atoms with Crippen molar-refractivity contribution in [2.24, 2.45) is 0 Å². The molecule has 0 fully saturated rings. The highest BCUT2D eigenvalue weighted by Crippen LogP contribution is 2.43. The standard InChI is InChI=1S/C67H125N2O7P/c1-7-10-13-16-19-22-25-28-29-30-31-32-33-34-35-36-37-38-39-42-44-47-50-53-56-59-66(70)68-64(63-75-77(72,73)74-62-61-69(4,5)6)65(58-55-52-49-46-43-40-26-23-20-17-14-11-8-2)76-67(71)60-57-54-51-48-45-41-27-24-21-18-15-12-9-3/h19,22,28-29,41,45,51,54-55,58,64-65H,7-18,20-21,23-27,30-40,42-44,46-50,52-53,56-57,59-63H2,1-6H3,(H-,68,70,72,73)/p+1/b22-19-,29-28-,45-41-,54-51+,58-55-. The number of unbranched alkanes of at least 4 members (excludes halogenated alkanes) is 35. The van der Waals surface area contributed by atoms with E-state index in [4.69, 9.17) is 13.8 Å². The maximum absolute atomic E-state index is 13.6.